The fraction of sp³-hybridized carbons (Fsp3) is 0.800. The average molecular weight is 447 g/mol. The van der Waals surface area contributed by atoms with E-state index in [1.807, 2.05) is 40.0 Å². The number of nitrogens with one attached hydrogen (secondary N) is 1. The Bertz CT molecular complexity index is 688. The molecule has 0 amide bonds. The van der Waals surface area contributed by atoms with Gasteiger partial charge in [-0.3, -0.25) is 4.79 Å². The molecule has 28 heavy (non-hydrogen) atoms. The van der Waals surface area contributed by atoms with Gasteiger partial charge < -0.3 is 4.43 Å². The number of Topliss-reactive ketones (excluding diaryl/α,β-unsaturated/α-hetero) is 1. The molecule has 0 saturated heterocycles. The molecule has 0 bridgehead atoms. The van der Waals surface area contributed by atoms with Gasteiger partial charge in [-0.25, -0.2) is 13.9 Å². The molecule has 0 fully saturated rings. The maximum atomic E-state index is 12.7. The number of hydrogen-bond donors (Lipinski definition) is 1. The predicted octanol–water partition coefficient (Wildman–Crippen LogP) is 5.31. The zero-order valence-corrected chi connectivity index (χ0v) is 21.8. The Morgan fingerprint density at radius 2 is 1.82 bits per heavy atom. The Hall–Kier alpha value is -0.413. The molecule has 1 aromatic heterocycles. The second-order valence-corrected chi connectivity index (χ2v) is 17.8. The Morgan fingerprint density at radius 1 is 1.25 bits per heavy atom. The van der Waals surface area contributed by atoms with Crippen LogP contribution in [-0.2, 0) is 22.0 Å². The van der Waals surface area contributed by atoms with Crippen LogP contribution in [0, 0.1) is 5.92 Å². The molecule has 1 heterocycles. The van der Waals surface area contributed by atoms with Crippen molar-refractivity contribution in [3.63, 3.8) is 0 Å². The van der Waals surface area contributed by atoms with Crippen molar-refractivity contribution in [3.8, 4) is 0 Å². The van der Waals surface area contributed by atoms with Crippen LogP contribution in [0.15, 0.2) is 5.38 Å². The smallest absolute Gasteiger partial charge is 0.192 e. The minimum absolute atomic E-state index is 0.0133. The van der Waals surface area contributed by atoms with Crippen LogP contribution in [0.1, 0.15) is 77.3 Å². The summed E-state index contributed by atoms with van der Waals surface area (Å²) in [4.78, 5) is 17.2. The van der Waals surface area contributed by atoms with Gasteiger partial charge in [-0.1, -0.05) is 34.6 Å². The highest BCUT2D eigenvalue weighted by Crippen LogP contribution is 2.37. The summed E-state index contributed by atoms with van der Waals surface area (Å²) >= 11 is 1.37. The first-order valence-electron chi connectivity index (χ1n) is 9.84. The van der Waals surface area contributed by atoms with Crippen LogP contribution in [-0.4, -0.2) is 34.1 Å². The molecule has 1 aromatic rings. The van der Waals surface area contributed by atoms with Crippen molar-refractivity contribution in [3.05, 3.63) is 16.1 Å². The van der Waals surface area contributed by atoms with Crippen LogP contribution >= 0.6 is 11.3 Å². The van der Waals surface area contributed by atoms with E-state index in [2.05, 4.69) is 43.6 Å². The Labute approximate surface area is 178 Å². The van der Waals surface area contributed by atoms with Gasteiger partial charge in [-0.15, -0.1) is 11.3 Å². The number of carbonyl (C=O) groups is 1. The largest absolute Gasteiger partial charge is 0.411 e. The summed E-state index contributed by atoms with van der Waals surface area (Å²) in [7, 11) is -3.06. The predicted molar refractivity (Wildman–Crippen MR) is 123 cm³/mol. The summed E-state index contributed by atoms with van der Waals surface area (Å²) in [6, 6.07) is -0.150. The molecule has 0 aromatic carbocycles. The van der Waals surface area contributed by atoms with Crippen LogP contribution in [0.5, 0.6) is 0 Å². The summed E-state index contributed by atoms with van der Waals surface area (Å²) in [6.07, 6.45) is 0.287. The molecule has 2 atom stereocenters. The van der Waals surface area contributed by atoms with Gasteiger partial charge in [-0.2, -0.15) is 0 Å². The normalized spacial score (nSPS) is 15.7. The van der Waals surface area contributed by atoms with E-state index in [-0.39, 0.29) is 33.9 Å². The molecular weight excluding hydrogens is 408 g/mol. The van der Waals surface area contributed by atoms with Gasteiger partial charge in [0.25, 0.3) is 0 Å². The second kappa shape index (κ2) is 9.60. The Morgan fingerprint density at radius 3 is 2.29 bits per heavy atom. The summed E-state index contributed by atoms with van der Waals surface area (Å²) in [5, 5.41) is 2.55. The van der Waals surface area contributed by atoms with Crippen molar-refractivity contribution < 1.29 is 13.4 Å². The van der Waals surface area contributed by atoms with E-state index in [4.69, 9.17) is 4.43 Å². The maximum absolute atomic E-state index is 12.7. The topological polar surface area (TPSA) is 68.3 Å². The number of rotatable bonds is 9. The lowest BCUT2D eigenvalue weighted by molar-refractivity contribution is 0.0964. The molecule has 0 aliphatic heterocycles. The molecule has 8 heteroatoms. The standard InChI is InChI=1S/C20H38N2O3S2Si/c1-14(2)16(22-27(24)19(3,4)5)11-17(23)18-21-15(13-26-18)12-25-28(9,10)20(6,7)8/h13-14,16,22H,11-12H2,1-10H3/t16-,27+/m1/s1. The van der Waals surface area contributed by atoms with E-state index in [1.165, 1.54) is 11.3 Å². The van der Waals surface area contributed by atoms with Crippen molar-refractivity contribution in [1.82, 2.24) is 9.71 Å². The fourth-order valence-electron chi connectivity index (χ4n) is 1.99. The van der Waals surface area contributed by atoms with Crippen molar-refractivity contribution >= 4 is 36.4 Å². The molecule has 0 radical (unpaired) electrons. The van der Waals surface area contributed by atoms with Crippen LogP contribution in [0.2, 0.25) is 18.1 Å². The zero-order valence-electron chi connectivity index (χ0n) is 19.1. The quantitative estimate of drug-likeness (QED) is 0.412. The minimum Gasteiger partial charge on any atom is -0.411 e. The van der Waals surface area contributed by atoms with Gasteiger partial charge in [0.2, 0.25) is 0 Å². The van der Waals surface area contributed by atoms with E-state index in [0.29, 0.717) is 11.6 Å². The Kier molecular flexibility index (Phi) is 8.78. The Balaban J connectivity index is 2.76. The molecule has 0 unspecified atom stereocenters. The van der Waals surface area contributed by atoms with Crippen molar-refractivity contribution in [2.24, 2.45) is 5.92 Å². The first-order valence-corrected chi connectivity index (χ1v) is 14.8. The summed E-state index contributed by atoms with van der Waals surface area (Å²) in [6.45, 7) is 21.3. The van der Waals surface area contributed by atoms with Gasteiger partial charge in [0.1, 0.15) is 0 Å². The third-order valence-corrected chi connectivity index (χ3v) is 12.2. The lowest BCUT2D eigenvalue weighted by Crippen LogP contribution is -2.43. The van der Waals surface area contributed by atoms with E-state index < -0.39 is 19.3 Å². The second-order valence-electron chi connectivity index (χ2n) is 10.2. The van der Waals surface area contributed by atoms with Crippen LogP contribution < -0.4 is 4.72 Å². The van der Waals surface area contributed by atoms with Gasteiger partial charge in [0.05, 0.1) is 28.0 Å². The van der Waals surface area contributed by atoms with Crippen molar-refractivity contribution in [2.75, 3.05) is 0 Å². The molecule has 0 spiro atoms. The van der Waals surface area contributed by atoms with Crippen LogP contribution in [0.3, 0.4) is 0 Å². The van der Waals surface area contributed by atoms with Crippen LogP contribution in [0.4, 0.5) is 0 Å². The molecule has 1 N–H and O–H groups in total. The molecule has 0 aliphatic rings. The summed E-state index contributed by atoms with van der Waals surface area (Å²) < 4.78 is 21.4. The van der Waals surface area contributed by atoms with Crippen LogP contribution in [0.25, 0.3) is 0 Å². The number of thiazole rings is 1. The van der Waals surface area contributed by atoms with Gasteiger partial charge in [-0.05, 0) is 44.8 Å². The summed E-state index contributed by atoms with van der Waals surface area (Å²) in [5.41, 5.74) is 0.811. The fourth-order valence-corrected chi connectivity index (χ4v) is 4.67. The number of hydrogen-bond acceptors (Lipinski definition) is 5. The molecule has 162 valence electrons. The van der Waals surface area contributed by atoms with Crippen molar-refractivity contribution in [1.29, 1.82) is 0 Å². The molecular formula is C20H38N2O3S2Si. The van der Waals surface area contributed by atoms with Gasteiger partial charge in [0, 0.05) is 17.8 Å². The van der Waals surface area contributed by atoms with E-state index in [1.54, 1.807) is 0 Å². The molecule has 1 rings (SSSR count). The number of carbonyl (C=O) groups excluding carboxylic acids is 1. The highest BCUT2D eigenvalue weighted by Gasteiger charge is 2.37. The molecule has 0 aliphatic carbocycles. The van der Waals surface area contributed by atoms with Crippen molar-refractivity contribution in [2.45, 2.75) is 97.3 Å². The third kappa shape index (κ3) is 7.44. The van der Waals surface area contributed by atoms with E-state index >= 15 is 0 Å². The highest BCUT2D eigenvalue weighted by molar-refractivity contribution is 7.84. The number of ketones is 1. The van der Waals surface area contributed by atoms with E-state index in [0.717, 1.165) is 5.69 Å². The first kappa shape index (κ1) is 25.6. The monoisotopic (exact) mass is 446 g/mol. The van der Waals surface area contributed by atoms with E-state index in [9.17, 15) is 9.00 Å². The lowest BCUT2D eigenvalue weighted by Gasteiger charge is -2.35. The van der Waals surface area contributed by atoms with Gasteiger partial charge >= 0.3 is 0 Å². The minimum atomic E-state index is -1.85. The molecule has 5 nitrogen and oxygen atoms in total. The number of nitrogens with zero attached hydrogens (tertiary/aromatic N) is 1. The summed E-state index contributed by atoms with van der Waals surface area (Å²) in [5.74, 6) is 0.178. The maximum Gasteiger partial charge on any atom is 0.192 e. The highest BCUT2D eigenvalue weighted by atomic mass is 32.2. The molecule has 0 saturated carbocycles. The number of aromatic nitrogens is 1. The average Bonchev–Trinajstić information content (AvgIpc) is 2.99. The first-order chi connectivity index (χ1) is 12.5. The SMILES string of the molecule is CC(C)[C@@H](CC(=O)c1nc(CO[Si](C)(C)C(C)(C)C)cs1)N[S@@](=O)C(C)(C)C. The lowest BCUT2D eigenvalue weighted by atomic mass is 10.00. The van der Waals surface area contributed by atoms with Gasteiger partial charge in [0.15, 0.2) is 19.1 Å². The zero-order chi connectivity index (χ0) is 21.9. The third-order valence-electron chi connectivity index (χ3n) is 5.20.